The van der Waals surface area contributed by atoms with Gasteiger partial charge < -0.3 is 15.4 Å². The van der Waals surface area contributed by atoms with Crippen LogP contribution in [-0.4, -0.2) is 38.8 Å². The molecule has 0 unspecified atom stereocenters. The quantitative estimate of drug-likeness (QED) is 0.542. The number of nitrogens with one attached hydrogen (secondary N) is 2. The van der Waals surface area contributed by atoms with Crippen molar-refractivity contribution in [2.45, 2.75) is 38.2 Å². The van der Waals surface area contributed by atoms with Crippen molar-refractivity contribution in [2.24, 2.45) is 0 Å². The second-order valence-corrected chi connectivity index (χ2v) is 4.37. The molecule has 17 heavy (non-hydrogen) atoms. The molecule has 0 radical (unpaired) electrons. The van der Waals surface area contributed by atoms with Crippen LogP contribution in [0.3, 0.4) is 0 Å². The number of carbonyl (C=O) groups excluding carboxylic acids is 1. The summed E-state index contributed by atoms with van der Waals surface area (Å²) in [5, 5.41) is 5.79. The van der Waals surface area contributed by atoms with E-state index < -0.39 is 0 Å². The summed E-state index contributed by atoms with van der Waals surface area (Å²) in [5.74, 6) is -0.0159. The number of carbonyl (C=O) groups is 1. The monoisotopic (exact) mass is 240 g/mol. The number of hydrogen-bond donors (Lipinski definition) is 2. The Morgan fingerprint density at radius 3 is 2.94 bits per heavy atom. The second kappa shape index (κ2) is 9.19. The van der Waals surface area contributed by atoms with Gasteiger partial charge in [0.25, 0.3) is 0 Å². The maximum absolute atomic E-state index is 11.4. The lowest BCUT2D eigenvalue weighted by Crippen LogP contribution is -2.34. The highest BCUT2D eigenvalue weighted by molar-refractivity contribution is 5.77. The van der Waals surface area contributed by atoms with Gasteiger partial charge in [0.2, 0.25) is 5.91 Å². The average Bonchev–Trinajstić information content (AvgIpc) is 2.28. The van der Waals surface area contributed by atoms with Crippen LogP contribution in [0, 0.1) is 0 Å². The molecule has 0 aromatic heterocycles. The van der Waals surface area contributed by atoms with Gasteiger partial charge in [0.15, 0.2) is 0 Å². The highest BCUT2D eigenvalue weighted by Gasteiger charge is 2.11. The van der Waals surface area contributed by atoms with E-state index in [0.29, 0.717) is 6.54 Å². The summed E-state index contributed by atoms with van der Waals surface area (Å²) in [6.45, 7) is 1.64. The maximum atomic E-state index is 11.4. The molecule has 1 aliphatic rings. The molecule has 98 valence electrons. The van der Waals surface area contributed by atoms with Crippen LogP contribution in [0.2, 0.25) is 0 Å². The molecule has 1 atom stereocenters. The molecule has 0 aromatic rings. The maximum Gasteiger partial charge on any atom is 0.246 e. The van der Waals surface area contributed by atoms with Crippen LogP contribution in [0.15, 0.2) is 12.2 Å². The van der Waals surface area contributed by atoms with Gasteiger partial charge in [0.05, 0.1) is 6.10 Å². The Labute approximate surface area is 104 Å². The standard InChI is InChI=1S/C13H24N2O2/c1-14-9-10-15-13(16)11-17-12-7-5-3-2-4-6-8-12/h2-3,12,14H,4-11H2,1H3,(H,15,16)/t12-/m0/s1. The third-order valence-corrected chi connectivity index (χ3v) is 2.87. The molecule has 0 fully saturated rings. The fourth-order valence-electron chi connectivity index (χ4n) is 1.86. The van der Waals surface area contributed by atoms with Crippen LogP contribution < -0.4 is 10.6 Å². The average molecular weight is 240 g/mol. The van der Waals surface area contributed by atoms with Crippen molar-refractivity contribution in [3.63, 3.8) is 0 Å². The number of likely N-dealkylation sites (N-methyl/N-ethyl adjacent to an activating group) is 1. The van der Waals surface area contributed by atoms with Crippen LogP contribution in [0.5, 0.6) is 0 Å². The van der Waals surface area contributed by atoms with Gasteiger partial charge in [0.1, 0.15) is 6.61 Å². The van der Waals surface area contributed by atoms with Crippen molar-refractivity contribution in [3.05, 3.63) is 12.2 Å². The van der Waals surface area contributed by atoms with E-state index in [1.807, 2.05) is 7.05 Å². The van der Waals surface area contributed by atoms with Gasteiger partial charge in [0, 0.05) is 13.1 Å². The molecule has 0 saturated heterocycles. The summed E-state index contributed by atoms with van der Waals surface area (Å²) in [6, 6.07) is 0. The van der Waals surface area contributed by atoms with E-state index in [9.17, 15) is 4.79 Å². The lowest BCUT2D eigenvalue weighted by atomic mass is 10.0. The fraction of sp³-hybridized carbons (Fsp3) is 0.769. The van der Waals surface area contributed by atoms with Gasteiger partial charge in [-0.1, -0.05) is 12.2 Å². The van der Waals surface area contributed by atoms with Crippen molar-refractivity contribution in [1.29, 1.82) is 0 Å². The van der Waals surface area contributed by atoms with Gasteiger partial charge in [-0.2, -0.15) is 0 Å². The lowest BCUT2D eigenvalue weighted by Gasteiger charge is -2.18. The zero-order chi connectivity index (χ0) is 12.3. The van der Waals surface area contributed by atoms with E-state index in [1.54, 1.807) is 0 Å². The summed E-state index contributed by atoms with van der Waals surface area (Å²) in [7, 11) is 1.87. The smallest absolute Gasteiger partial charge is 0.246 e. The molecule has 0 spiro atoms. The zero-order valence-electron chi connectivity index (χ0n) is 10.7. The minimum atomic E-state index is -0.0159. The van der Waals surface area contributed by atoms with Crippen LogP contribution in [0.4, 0.5) is 0 Å². The zero-order valence-corrected chi connectivity index (χ0v) is 10.7. The predicted molar refractivity (Wildman–Crippen MR) is 68.9 cm³/mol. The minimum absolute atomic E-state index is 0.0159. The molecule has 1 aliphatic carbocycles. The first-order valence-corrected chi connectivity index (χ1v) is 6.51. The third-order valence-electron chi connectivity index (χ3n) is 2.87. The summed E-state index contributed by atoms with van der Waals surface area (Å²) < 4.78 is 5.64. The molecular formula is C13H24N2O2. The number of allylic oxidation sites excluding steroid dienone is 2. The summed E-state index contributed by atoms with van der Waals surface area (Å²) in [4.78, 5) is 11.4. The van der Waals surface area contributed by atoms with Crippen LogP contribution in [0.25, 0.3) is 0 Å². The Morgan fingerprint density at radius 1 is 1.29 bits per heavy atom. The first-order valence-electron chi connectivity index (χ1n) is 6.51. The van der Waals surface area contributed by atoms with E-state index in [2.05, 4.69) is 22.8 Å². The Bertz CT molecular complexity index is 242. The Morgan fingerprint density at radius 2 is 2.12 bits per heavy atom. The Balaban J connectivity index is 2.11. The molecular weight excluding hydrogens is 216 g/mol. The van der Waals surface area contributed by atoms with Gasteiger partial charge in [-0.15, -0.1) is 0 Å². The van der Waals surface area contributed by atoms with Gasteiger partial charge >= 0.3 is 0 Å². The molecule has 0 heterocycles. The van der Waals surface area contributed by atoms with E-state index in [-0.39, 0.29) is 18.6 Å². The molecule has 1 rings (SSSR count). The SMILES string of the molecule is CNCCNC(=O)CO[C@H]1CCC=CCCC1. The van der Waals surface area contributed by atoms with Crippen molar-refractivity contribution >= 4 is 5.91 Å². The van der Waals surface area contributed by atoms with Crippen molar-refractivity contribution in [1.82, 2.24) is 10.6 Å². The van der Waals surface area contributed by atoms with Crippen LogP contribution in [0.1, 0.15) is 32.1 Å². The largest absolute Gasteiger partial charge is 0.368 e. The first kappa shape index (κ1) is 14.2. The van der Waals surface area contributed by atoms with Crippen LogP contribution in [-0.2, 0) is 9.53 Å². The van der Waals surface area contributed by atoms with E-state index in [4.69, 9.17) is 4.74 Å². The fourth-order valence-corrected chi connectivity index (χ4v) is 1.86. The van der Waals surface area contributed by atoms with Crippen LogP contribution >= 0.6 is 0 Å². The molecule has 0 aliphatic heterocycles. The molecule has 0 saturated carbocycles. The highest BCUT2D eigenvalue weighted by atomic mass is 16.5. The van der Waals surface area contributed by atoms with Gasteiger partial charge in [-0.05, 0) is 39.2 Å². The van der Waals surface area contributed by atoms with Crippen molar-refractivity contribution in [3.8, 4) is 0 Å². The summed E-state index contributed by atoms with van der Waals surface area (Å²) >= 11 is 0. The van der Waals surface area contributed by atoms with E-state index in [1.165, 1.54) is 0 Å². The highest BCUT2D eigenvalue weighted by Crippen LogP contribution is 2.15. The molecule has 0 aromatic carbocycles. The van der Waals surface area contributed by atoms with E-state index in [0.717, 1.165) is 38.6 Å². The number of rotatable bonds is 6. The van der Waals surface area contributed by atoms with Crippen molar-refractivity contribution < 1.29 is 9.53 Å². The summed E-state index contributed by atoms with van der Waals surface area (Å²) in [5.41, 5.74) is 0. The van der Waals surface area contributed by atoms with E-state index >= 15 is 0 Å². The number of amides is 1. The lowest BCUT2D eigenvalue weighted by molar-refractivity contribution is -0.127. The second-order valence-electron chi connectivity index (χ2n) is 4.37. The number of hydrogen-bond acceptors (Lipinski definition) is 3. The molecule has 2 N–H and O–H groups in total. The van der Waals surface area contributed by atoms with Crippen molar-refractivity contribution in [2.75, 3.05) is 26.7 Å². The van der Waals surface area contributed by atoms with Gasteiger partial charge in [-0.3, -0.25) is 4.79 Å². The Kier molecular flexibility index (Phi) is 7.67. The molecule has 4 nitrogen and oxygen atoms in total. The molecule has 1 amide bonds. The molecule has 4 heteroatoms. The number of ether oxygens (including phenoxy) is 1. The topological polar surface area (TPSA) is 50.4 Å². The predicted octanol–water partition coefficient (Wildman–Crippen LogP) is 1.23. The minimum Gasteiger partial charge on any atom is -0.368 e. The summed E-state index contributed by atoms with van der Waals surface area (Å²) in [6.07, 6.45) is 10.1. The molecule has 0 bridgehead atoms. The van der Waals surface area contributed by atoms with Gasteiger partial charge in [-0.25, -0.2) is 0 Å². The normalized spacial score (nSPS) is 20.6. The first-order chi connectivity index (χ1) is 8.33. The third kappa shape index (κ3) is 7.13. The Hall–Kier alpha value is -0.870.